The standard InChI is InChI=1S/C6H10N2OS/c1-10-6-4-5(2-3-7)8-9-6/h4H,2-3,7H2,1H3. The van der Waals surface area contributed by atoms with Gasteiger partial charge in [-0.05, 0) is 12.8 Å². The van der Waals surface area contributed by atoms with Crippen LogP contribution in [-0.4, -0.2) is 18.0 Å². The van der Waals surface area contributed by atoms with Gasteiger partial charge >= 0.3 is 0 Å². The average Bonchev–Trinajstić information content (AvgIpc) is 2.37. The van der Waals surface area contributed by atoms with Crippen molar-refractivity contribution >= 4 is 11.8 Å². The molecule has 0 unspecified atom stereocenters. The van der Waals surface area contributed by atoms with E-state index in [1.165, 1.54) is 0 Å². The molecule has 1 aromatic heterocycles. The van der Waals surface area contributed by atoms with E-state index in [1.54, 1.807) is 11.8 Å². The summed E-state index contributed by atoms with van der Waals surface area (Å²) >= 11 is 1.55. The van der Waals surface area contributed by atoms with Crippen LogP contribution in [-0.2, 0) is 6.42 Å². The van der Waals surface area contributed by atoms with Gasteiger partial charge in [0.2, 0.25) is 0 Å². The molecule has 4 heteroatoms. The zero-order valence-corrected chi connectivity index (χ0v) is 6.65. The van der Waals surface area contributed by atoms with Gasteiger partial charge in [0, 0.05) is 12.5 Å². The van der Waals surface area contributed by atoms with E-state index in [1.807, 2.05) is 12.3 Å². The molecule has 1 heterocycles. The lowest BCUT2D eigenvalue weighted by atomic mass is 10.3. The first-order chi connectivity index (χ1) is 4.86. The van der Waals surface area contributed by atoms with Gasteiger partial charge in [-0.25, -0.2) is 0 Å². The normalized spacial score (nSPS) is 10.2. The second-order valence-corrected chi connectivity index (χ2v) is 2.69. The summed E-state index contributed by atoms with van der Waals surface area (Å²) in [6, 6.07) is 1.91. The van der Waals surface area contributed by atoms with Crippen LogP contribution in [0, 0.1) is 0 Å². The van der Waals surface area contributed by atoms with E-state index in [9.17, 15) is 0 Å². The molecule has 0 saturated heterocycles. The first-order valence-electron chi connectivity index (χ1n) is 3.06. The first kappa shape index (κ1) is 7.63. The summed E-state index contributed by atoms with van der Waals surface area (Å²) in [5, 5.41) is 4.65. The van der Waals surface area contributed by atoms with Crippen molar-refractivity contribution < 1.29 is 4.52 Å². The maximum atomic E-state index is 5.32. The molecule has 0 radical (unpaired) electrons. The summed E-state index contributed by atoms with van der Waals surface area (Å²) in [6.07, 6.45) is 2.75. The highest BCUT2D eigenvalue weighted by atomic mass is 32.2. The Labute approximate surface area is 64.0 Å². The molecule has 0 bridgehead atoms. The minimum atomic E-state index is 0.625. The molecule has 1 rings (SSSR count). The molecular weight excluding hydrogens is 148 g/mol. The lowest BCUT2D eigenvalue weighted by molar-refractivity contribution is 0.345. The summed E-state index contributed by atoms with van der Waals surface area (Å²) in [4.78, 5) is 0. The van der Waals surface area contributed by atoms with Crippen LogP contribution in [0.3, 0.4) is 0 Å². The lowest BCUT2D eigenvalue weighted by Gasteiger charge is -1.83. The largest absolute Gasteiger partial charge is 0.350 e. The maximum Gasteiger partial charge on any atom is 0.193 e. The molecule has 0 aliphatic rings. The molecule has 2 N–H and O–H groups in total. The van der Waals surface area contributed by atoms with Crippen molar-refractivity contribution in [2.24, 2.45) is 5.73 Å². The zero-order chi connectivity index (χ0) is 7.40. The fourth-order valence-corrected chi connectivity index (χ4v) is 1.02. The van der Waals surface area contributed by atoms with Gasteiger partial charge in [-0.1, -0.05) is 16.9 Å². The zero-order valence-electron chi connectivity index (χ0n) is 5.83. The van der Waals surface area contributed by atoms with Crippen molar-refractivity contribution in [1.29, 1.82) is 0 Å². The summed E-state index contributed by atoms with van der Waals surface area (Å²) in [5.41, 5.74) is 6.26. The van der Waals surface area contributed by atoms with Gasteiger partial charge in [0.05, 0.1) is 5.69 Å². The van der Waals surface area contributed by atoms with E-state index < -0.39 is 0 Å². The molecule has 1 aromatic rings. The van der Waals surface area contributed by atoms with Gasteiger partial charge in [0.25, 0.3) is 0 Å². The van der Waals surface area contributed by atoms with Crippen LogP contribution in [0.1, 0.15) is 5.69 Å². The minimum absolute atomic E-state index is 0.625. The monoisotopic (exact) mass is 158 g/mol. The summed E-state index contributed by atoms with van der Waals surface area (Å²) in [5.74, 6) is 0. The van der Waals surface area contributed by atoms with Crippen LogP contribution in [0.15, 0.2) is 15.7 Å². The lowest BCUT2D eigenvalue weighted by Crippen LogP contribution is -2.02. The highest BCUT2D eigenvalue weighted by Gasteiger charge is 1.99. The van der Waals surface area contributed by atoms with Gasteiger partial charge < -0.3 is 10.3 Å². The molecule has 3 nitrogen and oxygen atoms in total. The first-order valence-corrected chi connectivity index (χ1v) is 4.29. The second kappa shape index (κ2) is 3.63. The maximum absolute atomic E-state index is 5.32. The topological polar surface area (TPSA) is 52.0 Å². The van der Waals surface area contributed by atoms with Crippen LogP contribution in [0.4, 0.5) is 0 Å². The number of rotatable bonds is 3. The Kier molecular flexibility index (Phi) is 2.77. The SMILES string of the molecule is CSc1cc(CCN)no1. The summed E-state index contributed by atoms with van der Waals surface area (Å²) in [6.45, 7) is 0.625. The molecule has 0 fully saturated rings. The van der Waals surface area contributed by atoms with Crippen molar-refractivity contribution in [3.8, 4) is 0 Å². The molecular formula is C6H10N2OS. The van der Waals surface area contributed by atoms with Gasteiger partial charge in [-0.2, -0.15) is 0 Å². The predicted molar refractivity (Wildman–Crippen MR) is 41.0 cm³/mol. The van der Waals surface area contributed by atoms with Gasteiger partial charge in [0.15, 0.2) is 5.09 Å². The number of nitrogens with zero attached hydrogens (tertiary/aromatic N) is 1. The Morgan fingerprint density at radius 1 is 1.80 bits per heavy atom. The van der Waals surface area contributed by atoms with Crippen LogP contribution in [0.2, 0.25) is 0 Å². The number of thioether (sulfide) groups is 1. The third kappa shape index (κ3) is 1.75. The Balaban J connectivity index is 2.59. The van der Waals surface area contributed by atoms with Crippen LogP contribution < -0.4 is 5.73 Å². The fourth-order valence-electron chi connectivity index (χ4n) is 0.654. The minimum Gasteiger partial charge on any atom is -0.350 e. The van der Waals surface area contributed by atoms with Crippen LogP contribution in [0.5, 0.6) is 0 Å². The molecule has 10 heavy (non-hydrogen) atoms. The van der Waals surface area contributed by atoms with Gasteiger partial charge in [-0.15, -0.1) is 0 Å². The van der Waals surface area contributed by atoms with E-state index in [0.717, 1.165) is 17.2 Å². The summed E-state index contributed by atoms with van der Waals surface area (Å²) < 4.78 is 4.92. The smallest absolute Gasteiger partial charge is 0.193 e. The highest BCUT2D eigenvalue weighted by molar-refractivity contribution is 7.98. The van der Waals surface area contributed by atoms with Gasteiger partial charge in [-0.3, -0.25) is 0 Å². The molecule has 0 aliphatic heterocycles. The second-order valence-electron chi connectivity index (χ2n) is 1.88. The van der Waals surface area contributed by atoms with E-state index in [4.69, 9.17) is 10.3 Å². The number of nitrogens with two attached hydrogens (primary N) is 1. The van der Waals surface area contributed by atoms with Crippen LogP contribution >= 0.6 is 11.8 Å². The van der Waals surface area contributed by atoms with E-state index in [-0.39, 0.29) is 0 Å². The Morgan fingerprint density at radius 2 is 2.60 bits per heavy atom. The van der Waals surface area contributed by atoms with Crippen LogP contribution in [0.25, 0.3) is 0 Å². The molecule has 0 amide bonds. The molecule has 0 aromatic carbocycles. The molecule has 0 atom stereocenters. The number of hydrogen-bond donors (Lipinski definition) is 1. The number of hydrogen-bond acceptors (Lipinski definition) is 4. The molecule has 0 saturated carbocycles. The number of aromatic nitrogens is 1. The predicted octanol–water partition coefficient (Wildman–Crippen LogP) is 0.898. The fraction of sp³-hybridized carbons (Fsp3) is 0.500. The molecule has 56 valence electrons. The van der Waals surface area contributed by atoms with E-state index >= 15 is 0 Å². The quantitative estimate of drug-likeness (QED) is 0.664. The average molecular weight is 158 g/mol. The Bertz CT molecular complexity index is 199. The third-order valence-electron chi connectivity index (χ3n) is 1.14. The summed E-state index contributed by atoms with van der Waals surface area (Å²) in [7, 11) is 0. The molecule has 0 aliphatic carbocycles. The van der Waals surface area contributed by atoms with Crippen molar-refractivity contribution in [3.63, 3.8) is 0 Å². The van der Waals surface area contributed by atoms with Crippen molar-refractivity contribution in [3.05, 3.63) is 11.8 Å². The van der Waals surface area contributed by atoms with Crippen molar-refractivity contribution in [2.75, 3.05) is 12.8 Å². The Morgan fingerprint density at radius 3 is 3.10 bits per heavy atom. The highest BCUT2D eigenvalue weighted by Crippen LogP contribution is 2.14. The Hall–Kier alpha value is -0.480. The van der Waals surface area contributed by atoms with E-state index in [0.29, 0.717) is 6.54 Å². The third-order valence-corrected chi connectivity index (χ3v) is 1.73. The van der Waals surface area contributed by atoms with Gasteiger partial charge in [0.1, 0.15) is 0 Å². The molecule has 0 spiro atoms. The van der Waals surface area contributed by atoms with E-state index in [2.05, 4.69) is 5.16 Å². The van der Waals surface area contributed by atoms with Crippen molar-refractivity contribution in [2.45, 2.75) is 11.5 Å². The van der Waals surface area contributed by atoms with Crippen molar-refractivity contribution in [1.82, 2.24) is 5.16 Å².